The first kappa shape index (κ1) is 17.3. The Morgan fingerprint density at radius 2 is 1.92 bits per heavy atom. The van der Waals surface area contributed by atoms with Crippen LogP contribution in [0.4, 0.5) is 26.0 Å². The quantitative estimate of drug-likeness (QED) is 0.728. The molecule has 0 fully saturated rings. The number of nitrogens with zero attached hydrogens (tertiary/aromatic N) is 2. The van der Waals surface area contributed by atoms with Crippen LogP contribution in [0.1, 0.15) is 10.5 Å². The van der Waals surface area contributed by atoms with Gasteiger partial charge in [-0.15, -0.1) is 0 Å². The summed E-state index contributed by atoms with van der Waals surface area (Å²) in [6.45, 7) is 0. The van der Waals surface area contributed by atoms with Crippen LogP contribution >= 0.6 is 0 Å². The third-order valence-corrected chi connectivity index (χ3v) is 3.41. The van der Waals surface area contributed by atoms with E-state index in [4.69, 9.17) is 4.74 Å². The van der Waals surface area contributed by atoms with Crippen molar-refractivity contribution in [3.8, 4) is 5.75 Å². The second kappa shape index (κ2) is 7.56. The molecule has 8 heteroatoms. The van der Waals surface area contributed by atoms with Crippen LogP contribution in [-0.4, -0.2) is 23.0 Å². The standard InChI is InChI=1S/C18H14F2N4O2/c1-26-13-4-2-3-12(8-13)23-17-10-21-16(9-22-17)18(25)24-15-6-5-11(19)7-14(15)20/h2-10H,1H3,(H,22,23)(H,24,25). The van der Waals surface area contributed by atoms with Crippen molar-refractivity contribution in [1.82, 2.24) is 9.97 Å². The summed E-state index contributed by atoms with van der Waals surface area (Å²) in [6, 6.07) is 10.1. The van der Waals surface area contributed by atoms with Crippen molar-refractivity contribution in [2.45, 2.75) is 0 Å². The predicted molar refractivity (Wildman–Crippen MR) is 92.6 cm³/mol. The first-order chi connectivity index (χ1) is 12.5. The fourth-order valence-corrected chi connectivity index (χ4v) is 2.14. The maximum atomic E-state index is 13.6. The van der Waals surface area contributed by atoms with Gasteiger partial charge in [-0.1, -0.05) is 6.07 Å². The van der Waals surface area contributed by atoms with Gasteiger partial charge in [-0.25, -0.2) is 18.7 Å². The minimum absolute atomic E-state index is 0.00934. The minimum Gasteiger partial charge on any atom is -0.497 e. The van der Waals surface area contributed by atoms with Gasteiger partial charge in [-0.2, -0.15) is 0 Å². The van der Waals surface area contributed by atoms with Crippen LogP contribution in [0, 0.1) is 11.6 Å². The second-order valence-corrected chi connectivity index (χ2v) is 5.22. The number of nitrogens with one attached hydrogen (secondary N) is 2. The highest BCUT2D eigenvalue weighted by Gasteiger charge is 2.12. The van der Waals surface area contributed by atoms with Crippen molar-refractivity contribution in [2.24, 2.45) is 0 Å². The maximum Gasteiger partial charge on any atom is 0.275 e. The fraction of sp³-hybridized carbons (Fsp3) is 0.0556. The third kappa shape index (κ3) is 4.10. The van der Waals surface area contributed by atoms with Gasteiger partial charge in [0.15, 0.2) is 0 Å². The Bertz CT molecular complexity index is 933. The first-order valence-corrected chi connectivity index (χ1v) is 7.54. The van der Waals surface area contributed by atoms with Gasteiger partial charge >= 0.3 is 0 Å². The number of rotatable bonds is 5. The van der Waals surface area contributed by atoms with Gasteiger partial charge in [-0.05, 0) is 24.3 Å². The molecule has 0 unspecified atom stereocenters. The monoisotopic (exact) mass is 356 g/mol. The van der Waals surface area contributed by atoms with Crippen molar-refractivity contribution in [1.29, 1.82) is 0 Å². The van der Waals surface area contributed by atoms with Crippen molar-refractivity contribution in [3.63, 3.8) is 0 Å². The van der Waals surface area contributed by atoms with E-state index in [-0.39, 0.29) is 11.4 Å². The highest BCUT2D eigenvalue weighted by Crippen LogP contribution is 2.20. The molecule has 0 saturated carbocycles. The normalized spacial score (nSPS) is 10.3. The van der Waals surface area contributed by atoms with Gasteiger partial charge in [0.1, 0.15) is 28.9 Å². The number of carbonyl (C=O) groups excluding carboxylic acids is 1. The molecule has 2 aromatic carbocycles. The summed E-state index contributed by atoms with van der Waals surface area (Å²) in [4.78, 5) is 20.2. The Morgan fingerprint density at radius 3 is 2.62 bits per heavy atom. The zero-order chi connectivity index (χ0) is 18.5. The molecule has 0 aliphatic carbocycles. The zero-order valence-corrected chi connectivity index (χ0v) is 13.7. The number of benzene rings is 2. The van der Waals surface area contributed by atoms with Crippen molar-refractivity contribution < 1.29 is 18.3 Å². The van der Waals surface area contributed by atoms with Crippen LogP contribution in [0.5, 0.6) is 5.75 Å². The number of ether oxygens (including phenoxy) is 1. The molecule has 1 aromatic heterocycles. The molecule has 2 N–H and O–H groups in total. The van der Waals surface area contributed by atoms with E-state index in [1.165, 1.54) is 12.4 Å². The largest absolute Gasteiger partial charge is 0.497 e. The lowest BCUT2D eigenvalue weighted by molar-refractivity contribution is 0.102. The molecule has 6 nitrogen and oxygen atoms in total. The summed E-state index contributed by atoms with van der Waals surface area (Å²) in [5, 5.41) is 5.34. The molecule has 0 atom stereocenters. The van der Waals surface area contributed by atoms with E-state index in [2.05, 4.69) is 20.6 Å². The van der Waals surface area contributed by atoms with E-state index in [1.807, 2.05) is 12.1 Å². The molecule has 0 aliphatic rings. The molecule has 1 amide bonds. The molecule has 0 radical (unpaired) electrons. The van der Waals surface area contributed by atoms with E-state index in [1.54, 1.807) is 19.2 Å². The number of aromatic nitrogens is 2. The minimum atomic E-state index is -0.873. The molecule has 0 spiro atoms. The number of hydrogen-bond donors (Lipinski definition) is 2. The van der Waals surface area contributed by atoms with E-state index in [0.717, 1.165) is 17.8 Å². The van der Waals surface area contributed by atoms with Crippen LogP contribution in [0.2, 0.25) is 0 Å². The summed E-state index contributed by atoms with van der Waals surface area (Å²) in [6.07, 6.45) is 2.62. The number of halogens is 2. The van der Waals surface area contributed by atoms with Gasteiger partial charge in [0.25, 0.3) is 5.91 Å². The van der Waals surface area contributed by atoms with Crippen LogP contribution in [-0.2, 0) is 0 Å². The topological polar surface area (TPSA) is 76.1 Å². The summed E-state index contributed by atoms with van der Waals surface area (Å²) in [5.74, 6) is -1.16. The van der Waals surface area contributed by atoms with Crippen LogP contribution in [0.15, 0.2) is 54.9 Å². The Morgan fingerprint density at radius 1 is 1.08 bits per heavy atom. The van der Waals surface area contributed by atoms with Crippen LogP contribution in [0.3, 0.4) is 0 Å². The Balaban J connectivity index is 1.69. The van der Waals surface area contributed by atoms with Crippen molar-refractivity contribution in [2.75, 3.05) is 17.7 Å². The van der Waals surface area contributed by atoms with Crippen LogP contribution < -0.4 is 15.4 Å². The molecule has 3 rings (SSSR count). The molecule has 132 valence electrons. The summed E-state index contributed by atoms with van der Waals surface area (Å²) >= 11 is 0. The highest BCUT2D eigenvalue weighted by molar-refractivity contribution is 6.02. The molecule has 0 bridgehead atoms. The summed E-state index contributed by atoms with van der Waals surface area (Å²) in [7, 11) is 1.57. The maximum absolute atomic E-state index is 13.6. The number of hydrogen-bond acceptors (Lipinski definition) is 5. The zero-order valence-electron chi connectivity index (χ0n) is 13.7. The van der Waals surface area contributed by atoms with Gasteiger partial charge in [-0.3, -0.25) is 4.79 Å². The SMILES string of the molecule is COc1cccc(Nc2cnc(C(=O)Nc3ccc(F)cc3F)cn2)c1. The molecular formula is C18H14F2N4O2. The van der Waals surface area contributed by atoms with Gasteiger partial charge in [0, 0.05) is 17.8 Å². The average molecular weight is 356 g/mol. The number of carbonyl (C=O) groups is 1. The molecule has 1 heterocycles. The molecule has 0 saturated heterocycles. The highest BCUT2D eigenvalue weighted by atomic mass is 19.1. The number of anilines is 3. The second-order valence-electron chi connectivity index (χ2n) is 5.22. The summed E-state index contributed by atoms with van der Waals surface area (Å²) < 4.78 is 31.6. The molecular weight excluding hydrogens is 342 g/mol. The Labute approximate surface area is 147 Å². The van der Waals surface area contributed by atoms with Crippen molar-refractivity contribution >= 4 is 23.1 Å². The lowest BCUT2D eigenvalue weighted by atomic mass is 10.3. The van der Waals surface area contributed by atoms with E-state index in [0.29, 0.717) is 17.6 Å². The lowest BCUT2D eigenvalue weighted by Gasteiger charge is -2.08. The van der Waals surface area contributed by atoms with Gasteiger partial charge in [0.05, 0.1) is 25.2 Å². The molecule has 0 aliphatic heterocycles. The Hall–Kier alpha value is -3.55. The van der Waals surface area contributed by atoms with E-state index >= 15 is 0 Å². The van der Waals surface area contributed by atoms with E-state index < -0.39 is 17.5 Å². The fourth-order valence-electron chi connectivity index (χ4n) is 2.14. The molecule has 26 heavy (non-hydrogen) atoms. The Kier molecular flexibility index (Phi) is 5.02. The van der Waals surface area contributed by atoms with Crippen LogP contribution in [0.25, 0.3) is 0 Å². The summed E-state index contributed by atoms with van der Waals surface area (Å²) in [5.41, 5.74) is 0.589. The van der Waals surface area contributed by atoms with E-state index in [9.17, 15) is 13.6 Å². The van der Waals surface area contributed by atoms with Gasteiger partial charge in [0.2, 0.25) is 0 Å². The lowest BCUT2D eigenvalue weighted by Crippen LogP contribution is -2.15. The third-order valence-electron chi connectivity index (χ3n) is 3.41. The average Bonchev–Trinajstić information content (AvgIpc) is 2.64. The number of amides is 1. The number of methoxy groups -OCH3 is 1. The smallest absolute Gasteiger partial charge is 0.275 e. The van der Waals surface area contributed by atoms with Gasteiger partial charge < -0.3 is 15.4 Å². The van der Waals surface area contributed by atoms with Crippen molar-refractivity contribution in [3.05, 3.63) is 72.2 Å². The first-order valence-electron chi connectivity index (χ1n) is 7.54. The predicted octanol–water partition coefficient (Wildman–Crippen LogP) is 3.76. The molecule has 3 aromatic rings.